The van der Waals surface area contributed by atoms with Gasteiger partial charge in [0, 0.05) is 37.5 Å². The van der Waals surface area contributed by atoms with Crippen molar-refractivity contribution in [1.82, 2.24) is 14.6 Å². The lowest BCUT2D eigenvalue weighted by Crippen LogP contribution is -2.36. The summed E-state index contributed by atoms with van der Waals surface area (Å²) in [6.45, 7) is 1.15. The minimum atomic E-state index is -4.49. The predicted molar refractivity (Wildman–Crippen MR) is 69.0 cm³/mol. The zero-order chi connectivity index (χ0) is 15.0. The van der Waals surface area contributed by atoms with Crippen LogP contribution < -0.4 is 4.90 Å². The topological polar surface area (TPSA) is 50.5 Å². The van der Waals surface area contributed by atoms with Crippen molar-refractivity contribution in [2.75, 3.05) is 18.0 Å². The molecule has 1 unspecified atom stereocenters. The maximum absolute atomic E-state index is 12.8. The van der Waals surface area contributed by atoms with E-state index in [-0.39, 0.29) is 5.92 Å². The van der Waals surface area contributed by atoms with E-state index in [1.165, 1.54) is 16.9 Å². The van der Waals surface area contributed by atoms with E-state index in [1.54, 1.807) is 0 Å². The third-order valence-electron chi connectivity index (χ3n) is 3.61. The number of anilines is 1. The van der Waals surface area contributed by atoms with Crippen LogP contribution in [0.25, 0.3) is 5.52 Å². The Morgan fingerprint density at radius 3 is 2.90 bits per heavy atom. The molecule has 1 aliphatic heterocycles. The molecule has 0 radical (unpaired) electrons. The zero-order valence-electron chi connectivity index (χ0n) is 11.0. The first kappa shape index (κ1) is 13.8. The van der Waals surface area contributed by atoms with E-state index in [1.807, 2.05) is 4.90 Å². The molecule has 3 heterocycles. The largest absolute Gasteiger partial charge is 0.435 e. The first-order valence-electron chi connectivity index (χ1n) is 6.61. The molecule has 1 fully saturated rings. The highest BCUT2D eigenvalue weighted by molar-refractivity contribution is 5.70. The second-order valence-electron chi connectivity index (χ2n) is 5.09. The molecule has 5 nitrogen and oxygen atoms in total. The van der Waals surface area contributed by atoms with Gasteiger partial charge in [0.25, 0.3) is 0 Å². The highest BCUT2D eigenvalue weighted by atomic mass is 19.4. The van der Waals surface area contributed by atoms with Gasteiger partial charge in [-0.15, -0.1) is 0 Å². The van der Waals surface area contributed by atoms with Crippen molar-refractivity contribution < 1.29 is 18.0 Å². The third-order valence-corrected chi connectivity index (χ3v) is 3.61. The predicted octanol–water partition coefficient (Wildman–Crippen LogP) is 2.16. The number of aromatic nitrogens is 3. The van der Waals surface area contributed by atoms with Gasteiger partial charge in [-0.3, -0.25) is 0 Å². The molecule has 0 aromatic carbocycles. The average Bonchev–Trinajstić information content (AvgIpc) is 2.91. The maximum Gasteiger partial charge on any atom is 0.435 e. The van der Waals surface area contributed by atoms with Crippen molar-refractivity contribution in [3.05, 3.63) is 24.2 Å². The summed E-state index contributed by atoms with van der Waals surface area (Å²) in [5.41, 5.74) is -0.642. The van der Waals surface area contributed by atoms with E-state index >= 15 is 0 Å². The number of alkyl halides is 3. The summed E-state index contributed by atoms with van der Waals surface area (Å²) >= 11 is 0. The van der Waals surface area contributed by atoms with Gasteiger partial charge in [0.2, 0.25) is 0 Å². The smallest absolute Gasteiger partial charge is 0.354 e. The number of rotatable bonds is 2. The lowest BCUT2D eigenvalue weighted by Gasteiger charge is -2.31. The van der Waals surface area contributed by atoms with Crippen molar-refractivity contribution in [3.63, 3.8) is 0 Å². The van der Waals surface area contributed by atoms with Crippen LogP contribution in [0.15, 0.2) is 18.5 Å². The van der Waals surface area contributed by atoms with Gasteiger partial charge in [-0.1, -0.05) is 0 Å². The number of hydrogen-bond donors (Lipinski definition) is 0. The van der Waals surface area contributed by atoms with Gasteiger partial charge in [0.15, 0.2) is 11.5 Å². The van der Waals surface area contributed by atoms with Crippen molar-refractivity contribution in [2.24, 2.45) is 5.92 Å². The van der Waals surface area contributed by atoms with Gasteiger partial charge in [-0.05, 0) is 12.8 Å². The highest BCUT2D eigenvalue weighted by Gasteiger charge is 2.35. The van der Waals surface area contributed by atoms with Crippen LogP contribution in [0.3, 0.4) is 0 Å². The number of nitrogens with zero attached hydrogens (tertiary/aromatic N) is 4. The standard InChI is InChI=1S/C13H13F3N4O/c14-13(15,16)11-6-10-12(17-3-5-20(10)18-11)19-4-1-2-9(7-19)8-21/h3,5-6,8-9H,1-2,4,7H2. The van der Waals surface area contributed by atoms with Gasteiger partial charge in [0.05, 0.1) is 0 Å². The Bertz CT molecular complexity index is 667. The molecule has 21 heavy (non-hydrogen) atoms. The summed E-state index contributed by atoms with van der Waals surface area (Å²) in [5.74, 6) is 0.331. The quantitative estimate of drug-likeness (QED) is 0.797. The fourth-order valence-corrected chi connectivity index (χ4v) is 2.60. The number of halogens is 3. The Kier molecular flexibility index (Phi) is 3.30. The first-order valence-corrected chi connectivity index (χ1v) is 6.61. The van der Waals surface area contributed by atoms with Crippen molar-refractivity contribution >= 4 is 17.6 Å². The molecule has 1 aliphatic rings. The second kappa shape index (κ2) is 5.01. The molecular formula is C13H13F3N4O. The average molecular weight is 298 g/mol. The zero-order valence-corrected chi connectivity index (χ0v) is 11.0. The molecule has 3 rings (SSSR count). The van der Waals surface area contributed by atoms with Crippen LogP contribution >= 0.6 is 0 Å². The number of fused-ring (bicyclic) bond motifs is 1. The summed E-state index contributed by atoms with van der Waals surface area (Å²) in [7, 11) is 0. The van der Waals surface area contributed by atoms with E-state index in [2.05, 4.69) is 10.1 Å². The number of hydrogen-bond acceptors (Lipinski definition) is 4. The van der Waals surface area contributed by atoms with Crippen LogP contribution in [0.4, 0.5) is 19.0 Å². The normalized spacial score (nSPS) is 20.0. The van der Waals surface area contributed by atoms with Crippen molar-refractivity contribution in [2.45, 2.75) is 19.0 Å². The molecule has 0 bridgehead atoms. The molecule has 2 aromatic rings. The fourth-order valence-electron chi connectivity index (χ4n) is 2.60. The Morgan fingerprint density at radius 2 is 2.19 bits per heavy atom. The number of carbonyl (C=O) groups excluding carboxylic acids is 1. The van der Waals surface area contributed by atoms with Gasteiger partial charge >= 0.3 is 6.18 Å². The Morgan fingerprint density at radius 1 is 1.38 bits per heavy atom. The van der Waals surface area contributed by atoms with Crippen LogP contribution in [0.5, 0.6) is 0 Å². The van der Waals surface area contributed by atoms with Crippen molar-refractivity contribution in [3.8, 4) is 0 Å². The third kappa shape index (κ3) is 2.57. The SMILES string of the molecule is O=CC1CCCN(c2nccn3nc(C(F)(F)F)cc23)C1. The molecule has 2 aromatic heterocycles. The second-order valence-corrected chi connectivity index (χ2v) is 5.09. The van der Waals surface area contributed by atoms with Gasteiger partial charge in [0.1, 0.15) is 11.8 Å². The molecule has 112 valence electrons. The number of aldehydes is 1. The van der Waals surface area contributed by atoms with Crippen molar-refractivity contribution in [1.29, 1.82) is 0 Å². The van der Waals surface area contributed by atoms with E-state index in [0.717, 1.165) is 25.2 Å². The molecule has 0 N–H and O–H groups in total. The molecule has 0 aliphatic carbocycles. The number of carbonyl (C=O) groups is 1. The van der Waals surface area contributed by atoms with E-state index < -0.39 is 11.9 Å². The lowest BCUT2D eigenvalue weighted by molar-refractivity contribution is -0.141. The molecule has 0 spiro atoms. The lowest BCUT2D eigenvalue weighted by atomic mass is 10.00. The Hall–Kier alpha value is -2.12. The van der Waals surface area contributed by atoms with Crippen LogP contribution in [0.2, 0.25) is 0 Å². The summed E-state index contributed by atoms with van der Waals surface area (Å²) in [4.78, 5) is 16.9. The van der Waals surface area contributed by atoms with Crippen LogP contribution in [0, 0.1) is 5.92 Å². The molecular weight excluding hydrogens is 285 g/mol. The van der Waals surface area contributed by atoms with E-state index in [0.29, 0.717) is 24.4 Å². The van der Waals surface area contributed by atoms with Crippen LogP contribution in [-0.4, -0.2) is 34.0 Å². The van der Waals surface area contributed by atoms with Crippen LogP contribution in [0.1, 0.15) is 18.5 Å². The monoisotopic (exact) mass is 298 g/mol. The minimum Gasteiger partial charge on any atom is -0.354 e. The summed E-state index contributed by atoms with van der Waals surface area (Å²) in [5, 5.41) is 3.53. The summed E-state index contributed by atoms with van der Waals surface area (Å²) in [6, 6.07) is 0.993. The number of piperidine rings is 1. The molecule has 8 heteroatoms. The Balaban J connectivity index is 2.02. The molecule has 0 saturated carbocycles. The minimum absolute atomic E-state index is 0.106. The fraction of sp³-hybridized carbons (Fsp3) is 0.462. The summed E-state index contributed by atoms with van der Waals surface area (Å²) < 4.78 is 39.5. The molecule has 1 saturated heterocycles. The van der Waals surface area contributed by atoms with Gasteiger partial charge in [-0.25, -0.2) is 9.50 Å². The van der Waals surface area contributed by atoms with E-state index in [4.69, 9.17) is 0 Å². The molecule has 1 atom stereocenters. The van der Waals surface area contributed by atoms with E-state index in [9.17, 15) is 18.0 Å². The van der Waals surface area contributed by atoms with Crippen LogP contribution in [-0.2, 0) is 11.0 Å². The first-order chi connectivity index (χ1) is 9.99. The van der Waals surface area contributed by atoms with Gasteiger partial charge < -0.3 is 9.69 Å². The van der Waals surface area contributed by atoms with Gasteiger partial charge in [-0.2, -0.15) is 18.3 Å². The Labute approximate surface area is 118 Å². The molecule has 0 amide bonds. The maximum atomic E-state index is 12.8. The summed E-state index contributed by atoms with van der Waals surface area (Å²) in [6.07, 6.45) is 0.818. The highest BCUT2D eigenvalue weighted by Crippen LogP contribution is 2.31.